The maximum atomic E-state index is 13.7. The van der Waals surface area contributed by atoms with Crippen molar-refractivity contribution in [1.82, 2.24) is 0 Å². The Labute approximate surface area is 121 Å². The van der Waals surface area contributed by atoms with Crippen molar-refractivity contribution in [3.05, 3.63) is 58.4 Å². The topological polar surface area (TPSA) is 38.3 Å². The minimum absolute atomic E-state index is 0.00971. The molecule has 0 aliphatic carbocycles. The van der Waals surface area contributed by atoms with E-state index in [2.05, 4.69) is 5.32 Å². The molecule has 2 rings (SSSR count). The quantitative estimate of drug-likeness (QED) is 0.927. The van der Waals surface area contributed by atoms with Gasteiger partial charge in [0.05, 0.1) is 17.7 Å². The zero-order valence-corrected chi connectivity index (χ0v) is 11.8. The molecule has 20 heavy (non-hydrogen) atoms. The number of amides is 1. The predicted octanol–water partition coefficient (Wildman–Crippen LogP) is 4.05. The molecule has 0 spiro atoms. The van der Waals surface area contributed by atoms with E-state index in [0.717, 1.165) is 5.56 Å². The van der Waals surface area contributed by atoms with Gasteiger partial charge >= 0.3 is 0 Å². The fourth-order valence-corrected chi connectivity index (χ4v) is 1.93. The highest BCUT2D eigenvalue weighted by molar-refractivity contribution is 6.32. The van der Waals surface area contributed by atoms with E-state index in [9.17, 15) is 9.18 Å². The van der Waals surface area contributed by atoms with Gasteiger partial charge in [-0.05, 0) is 36.8 Å². The molecule has 0 heterocycles. The lowest BCUT2D eigenvalue weighted by molar-refractivity contribution is 0.102. The van der Waals surface area contributed by atoms with Crippen molar-refractivity contribution in [3.63, 3.8) is 0 Å². The van der Waals surface area contributed by atoms with Crippen LogP contribution in [-0.2, 0) is 0 Å². The lowest BCUT2D eigenvalue weighted by Gasteiger charge is -2.09. The SMILES string of the molecule is COc1cc(NC(=O)c2ccc(C)cc2F)ccc1Cl. The number of carbonyl (C=O) groups is 1. The molecule has 0 saturated heterocycles. The molecule has 0 fully saturated rings. The monoisotopic (exact) mass is 293 g/mol. The zero-order valence-electron chi connectivity index (χ0n) is 11.0. The fourth-order valence-electron chi connectivity index (χ4n) is 1.74. The number of nitrogens with one attached hydrogen (secondary N) is 1. The van der Waals surface area contributed by atoms with Crippen LogP contribution in [0.25, 0.3) is 0 Å². The number of rotatable bonds is 3. The molecule has 1 N–H and O–H groups in total. The van der Waals surface area contributed by atoms with Gasteiger partial charge in [-0.2, -0.15) is 0 Å². The first-order valence-electron chi connectivity index (χ1n) is 5.92. The average molecular weight is 294 g/mol. The molecule has 3 nitrogen and oxygen atoms in total. The Morgan fingerprint density at radius 1 is 1.25 bits per heavy atom. The average Bonchev–Trinajstić information content (AvgIpc) is 2.40. The van der Waals surface area contributed by atoms with Crippen LogP contribution in [0.4, 0.5) is 10.1 Å². The normalized spacial score (nSPS) is 10.2. The molecule has 104 valence electrons. The predicted molar refractivity (Wildman–Crippen MR) is 77.1 cm³/mol. The number of aryl methyl sites for hydroxylation is 1. The molecule has 0 aliphatic rings. The van der Waals surface area contributed by atoms with E-state index >= 15 is 0 Å². The van der Waals surface area contributed by atoms with Crippen molar-refractivity contribution in [3.8, 4) is 5.75 Å². The van der Waals surface area contributed by atoms with Crippen molar-refractivity contribution in [1.29, 1.82) is 0 Å². The van der Waals surface area contributed by atoms with Crippen LogP contribution in [0, 0.1) is 12.7 Å². The summed E-state index contributed by atoms with van der Waals surface area (Å²) in [6.45, 7) is 1.76. The van der Waals surface area contributed by atoms with Crippen LogP contribution in [0.5, 0.6) is 5.75 Å². The molecule has 0 atom stereocenters. The fraction of sp³-hybridized carbons (Fsp3) is 0.133. The Morgan fingerprint density at radius 3 is 2.65 bits per heavy atom. The van der Waals surface area contributed by atoms with Crippen molar-refractivity contribution in [2.45, 2.75) is 6.92 Å². The molecule has 0 aromatic heterocycles. The Morgan fingerprint density at radius 2 is 2.00 bits per heavy atom. The number of anilines is 1. The second-order valence-corrected chi connectivity index (χ2v) is 4.69. The summed E-state index contributed by atoms with van der Waals surface area (Å²) >= 11 is 5.89. The van der Waals surface area contributed by atoms with Crippen molar-refractivity contribution >= 4 is 23.2 Å². The van der Waals surface area contributed by atoms with Crippen molar-refractivity contribution in [2.75, 3.05) is 12.4 Å². The van der Waals surface area contributed by atoms with Gasteiger partial charge in [0.15, 0.2) is 0 Å². The molecule has 0 aliphatic heterocycles. The van der Waals surface area contributed by atoms with Crippen LogP contribution in [0.1, 0.15) is 15.9 Å². The molecule has 0 bridgehead atoms. The molecular weight excluding hydrogens is 281 g/mol. The van der Waals surface area contributed by atoms with Gasteiger partial charge in [-0.25, -0.2) is 4.39 Å². The lowest BCUT2D eigenvalue weighted by Crippen LogP contribution is -2.13. The summed E-state index contributed by atoms with van der Waals surface area (Å²) in [6, 6.07) is 9.24. The number of hydrogen-bond donors (Lipinski definition) is 1. The highest BCUT2D eigenvalue weighted by Crippen LogP contribution is 2.27. The van der Waals surface area contributed by atoms with E-state index in [4.69, 9.17) is 16.3 Å². The number of benzene rings is 2. The van der Waals surface area contributed by atoms with Gasteiger partial charge in [0.1, 0.15) is 11.6 Å². The van der Waals surface area contributed by atoms with Crippen LogP contribution in [-0.4, -0.2) is 13.0 Å². The van der Waals surface area contributed by atoms with Crippen LogP contribution < -0.4 is 10.1 Å². The van der Waals surface area contributed by atoms with Gasteiger partial charge in [0.25, 0.3) is 5.91 Å². The number of hydrogen-bond acceptors (Lipinski definition) is 2. The van der Waals surface area contributed by atoms with E-state index < -0.39 is 11.7 Å². The van der Waals surface area contributed by atoms with Crippen LogP contribution >= 0.6 is 11.6 Å². The highest BCUT2D eigenvalue weighted by atomic mass is 35.5. The summed E-state index contributed by atoms with van der Waals surface area (Å²) in [5.41, 5.74) is 1.23. The van der Waals surface area contributed by atoms with Crippen molar-refractivity contribution in [2.24, 2.45) is 0 Å². The zero-order chi connectivity index (χ0) is 14.7. The highest BCUT2D eigenvalue weighted by Gasteiger charge is 2.12. The third-order valence-corrected chi connectivity index (χ3v) is 3.09. The molecular formula is C15H13ClFNO2. The number of halogens is 2. The number of carbonyl (C=O) groups excluding carboxylic acids is 1. The minimum atomic E-state index is -0.552. The van der Waals surface area contributed by atoms with E-state index in [0.29, 0.717) is 16.5 Å². The number of ether oxygens (including phenoxy) is 1. The summed E-state index contributed by atoms with van der Waals surface area (Å²) in [4.78, 5) is 12.0. The molecule has 1 amide bonds. The Balaban J connectivity index is 2.23. The van der Waals surface area contributed by atoms with E-state index in [-0.39, 0.29) is 5.56 Å². The lowest BCUT2D eigenvalue weighted by atomic mass is 10.1. The van der Waals surface area contributed by atoms with E-state index in [1.165, 1.54) is 19.2 Å². The standard InChI is InChI=1S/C15H13ClFNO2/c1-9-3-5-11(13(17)7-9)15(19)18-10-4-6-12(16)14(8-10)20-2/h3-8H,1-2H3,(H,18,19). The van der Waals surface area contributed by atoms with Crippen LogP contribution in [0.2, 0.25) is 5.02 Å². The van der Waals surface area contributed by atoms with Gasteiger partial charge in [-0.3, -0.25) is 4.79 Å². The maximum Gasteiger partial charge on any atom is 0.258 e. The Kier molecular flexibility index (Phi) is 4.25. The first-order chi connectivity index (χ1) is 9.51. The largest absolute Gasteiger partial charge is 0.495 e. The van der Waals surface area contributed by atoms with Crippen LogP contribution in [0.15, 0.2) is 36.4 Å². The number of methoxy groups -OCH3 is 1. The van der Waals surface area contributed by atoms with Gasteiger partial charge < -0.3 is 10.1 Å². The van der Waals surface area contributed by atoms with Crippen molar-refractivity contribution < 1.29 is 13.9 Å². The molecule has 2 aromatic carbocycles. The second-order valence-electron chi connectivity index (χ2n) is 4.29. The second kappa shape index (κ2) is 5.92. The molecule has 0 unspecified atom stereocenters. The first kappa shape index (κ1) is 14.3. The molecule has 0 saturated carbocycles. The summed E-state index contributed by atoms with van der Waals surface area (Å²) in [6.07, 6.45) is 0. The molecule has 0 radical (unpaired) electrons. The third-order valence-electron chi connectivity index (χ3n) is 2.78. The van der Waals surface area contributed by atoms with E-state index in [1.54, 1.807) is 31.2 Å². The molecule has 5 heteroatoms. The van der Waals surface area contributed by atoms with Crippen LogP contribution in [0.3, 0.4) is 0 Å². The van der Waals surface area contributed by atoms with Gasteiger partial charge in [0, 0.05) is 11.8 Å². The Hall–Kier alpha value is -2.07. The Bertz CT molecular complexity index is 658. The first-order valence-corrected chi connectivity index (χ1v) is 6.30. The molecule has 2 aromatic rings. The van der Waals surface area contributed by atoms with Gasteiger partial charge in [-0.1, -0.05) is 17.7 Å². The summed E-state index contributed by atoms with van der Waals surface area (Å²) in [5, 5.41) is 3.04. The van der Waals surface area contributed by atoms with E-state index in [1.807, 2.05) is 0 Å². The summed E-state index contributed by atoms with van der Waals surface area (Å²) in [7, 11) is 1.48. The third kappa shape index (κ3) is 3.08. The summed E-state index contributed by atoms with van der Waals surface area (Å²) < 4.78 is 18.8. The van der Waals surface area contributed by atoms with Gasteiger partial charge in [-0.15, -0.1) is 0 Å². The maximum absolute atomic E-state index is 13.7. The van der Waals surface area contributed by atoms with Gasteiger partial charge in [0.2, 0.25) is 0 Å². The summed E-state index contributed by atoms with van der Waals surface area (Å²) in [5.74, 6) is -0.635. The minimum Gasteiger partial charge on any atom is -0.495 e. The smallest absolute Gasteiger partial charge is 0.258 e.